The van der Waals surface area contributed by atoms with Crippen LogP contribution < -0.4 is 20.1 Å². The highest BCUT2D eigenvalue weighted by Crippen LogP contribution is 2.35. The number of ether oxygens (including phenoxy) is 2. The van der Waals surface area contributed by atoms with E-state index in [9.17, 15) is 9.59 Å². The van der Waals surface area contributed by atoms with Crippen LogP contribution in [0, 0.1) is 0 Å². The molecule has 0 heterocycles. The average Bonchev–Trinajstić information content (AvgIpc) is 2.63. The molecule has 0 bridgehead atoms. The largest absolute Gasteiger partial charge is 0.495 e. The minimum atomic E-state index is -0.298. The Bertz CT molecular complexity index is 799. The highest BCUT2D eigenvalue weighted by molar-refractivity contribution is 6.32. The molecule has 2 aromatic rings. The molecule has 2 rings (SSSR count). The smallest absolute Gasteiger partial charge is 0.238 e. The van der Waals surface area contributed by atoms with Crippen LogP contribution in [0.4, 0.5) is 11.4 Å². The molecule has 0 fully saturated rings. The molecule has 2 N–H and O–H groups in total. The van der Waals surface area contributed by atoms with Gasteiger partial charge in [0.15, 0.2) is 0 Å². The standard InChI is InChI=1S/C19H22ClN3O4/c1-23(11-18(24)21-13-7-5-4-6-8-13)12-19(25)22-15-10-16(26-2)14(20)9-17(15)27-3/h4-10H,11-12H2,1-3H3,(H,21,24)(H,22,25). The Hall–Kier alpha value is -2.77. The first-order chi connectivity index (χ1) is 12.9. The van der Waals surface area contributed by atoms with E-state index in [2.05, 4.69) is 10.6 Å². The van der Waals surface area contributed by atoms with E-state index < -0.39 is 0 Å². The van der Waals surface area contributed by atoms with Crippen molar-refractivity contribution in [3.8, 4) is 11.5 Å². The zero-order valence-electron chi connectivity index (χ0n) is 15.4. The first-order valence-corrected chi connectivity index (χ1v) is 8.55. The third-order valence-corrected chi connectivity index (χ3v) is 3.93. The topological polar surface area (TPSA) is 79.9 Å². The molecule has 0 radical (unpaired) electrons. The van der Waals surface area contributed by atoms with Crippen LogP contribution in [-0.2, 0) is 9.59 Å². The van der Waals surface area contributed by atoms with E-state index in [0.29, 0.717) is 27.9 Å². The molecule has 2 aromatic carbocycles. The summed E-state index contributed by atoms with van der Waals surface area (Å²) in [5, 5.41) is 5.89. The summed E-state index contributed by atoms with van der Waals surface area (Å²) >= 11 is 6.05. The summed E-state index contributed by atoms with van der Waals surface area (Å²) in [6.07, 6.45) is 0. The number of para-hydroxylation sites is 1. The molecule has 2 amide bonds. The van der Waals surface area contributed by atoms with Crippen LogP contribution in [0.2, 0.25) is 5.02 Å². The van der Waals surface area contributed by atoms with Crippen LogP contribution in [0.5, 0.6) is 11.5 Å². The van der Waals surface area contributed by atoms with Crippen molar-refractivity contribution >= 4 is 34.8 Å². The number of halogens is 1. The maximum Gasteiger partial charge on any atom is 0.238 e. The molecular weight excluding hydrogens is 370 g/mol. The van der Waals surface area contributed by atoms with Crippen LogP contribution in [0.3, 0.4) is 0 Å². The maximum atomic E-state index is 12.3. The lowest BCUT2D eigenvalue weighted by Gasteiger charge is -2.17. The van der Waals surface area contributed by atoms with E-state index in [4.69, 9.17) is 21.1 Å². The third kappa shape index (κ3) is 6.16. The minimum Gasteiger partial charge on any atom is -0.495 e. The SMILES string of the molecule is COc1cc(NC(=O)CN(C)CC(=O)Nc2ccccc2)c(OC)cc1Cl. The van der Waals surface area contributed by atoms with Gasteiger partial charge in [-0.3, -0.25) is 14.5 Å². The quantitative estimate of drug-likeness (QED) is 0.723. The summed E-state index contributed by atoms with van der Waals surface area (Å²) < 4.78 is 10.4. The number of nitrogens with zero attached hydrogens (tertiary/aromatic N) is 1. The molecule has 0 spiro atoms. The van der Waals surface area contributed by atoms with Crippen molar-refractivity contribution in [2.24, 2.45) is 0 Å². The number of methoxy groups -OCH3 is 2. The van der Waals surface area contributed by atoms with E-state index in [-0.39, 0.29) is 24.9 Å². The van der Waals surface area contributed by atoms with Crippen LogP contribution in [-0.4, -0.2) is 51.1 Å². The zero-order chi connectivity index (χ0) is 19.8. The lowest BCUT2D eigenvalue weighted by Crippen LogP contribution is -2.36. The van der Waals surface area contributed by atoms with Gasteiger partial charge in [0.1, 0.15) is 11.5 Å². The van der Waals surface area contributed by atoms with Gasteiger partial charge in [-0.1, -0.05) is 29.8 Å². The normalized spacial score (nSPS) is 10.4. The molecule has 0 unspecified atom stereocenters. The first-order valence-electron chi connectivity index (χ1n) is 8.17. The highest BCUT2D eigenvalue weighted by Gasteiger charge is 2.15. The highest BCUT2D eigenvalue weighted by atomic mass is 35.5. The van der Waals surface area contributed by atoms with E-state index in [1.54, 1.807) is 36.2 Å². The molecule has 27 heavy (non-hydrogen) atoms. The van der Waals surface area contributed by atoms with Gasteiger partial charge in [0, 0.05) is 17.8 Å². The number of benzene rings is 2. The van der Waals surface area contributed by atoms with Gasteiger partial charge < -0.3 is 20.1 Å². The fraction of sp³-hybridized carbons (Fsp3) is 0.263. The fourth-order valence-electron chi connectivity index (χ4n) is 2.42. The minimum absolute atomic E-state index is 0.0241. The number of hydrogen-bond donors (Lipinski definition) is 2. The zero-order valence-corrected chi connectivity index (χ0v) is 16.2. The molecule has 0 saturated carbocycles. The molecule has 0 atom stereocenters. The molecular formula is C19H22ClN3O4. The second kappa shape index (κ2) is 9.80. The van der Waals surface area contributed by atoms with E-state index >= 15 is 0 Å². The molecule has 0 saturated heterocycles. The molecule has 0 aliphatic heterocycles. The number of carbonyl (C=O) groups excluding carboxylic acids is 2. The van der Waals surface area contributed by atoms with Crippen molar-refractivity contribution < 1.29 is 19.1 Å². The number of anilines is 2. The van der Waals surface area contributed by atoms with Gasteiger partial charge in [0.05, 0.1) is 38.0 Å². The van der Waals surface area contributed by atoms with Crippen molar-refractivity contribution in [3.05, 3.63) is 47.5 Å². The van der Waals surface area contributed by atoms with Gasteiger partial charge in [-0.2, -0.15) is 0 Å². The lowest BCUT2D eigenvalue weighted by atomic mass is 10.2. The van der Waals surface area contributed by atoms with Crippen LogP contribution in [0.15, 0.2) is 42.5 Å². The van der Waals surface area contributed by atoms with E-state index in [1.165, 1.54) is 14.2 Å². The van der Waals surface area contributed by atoms with Gasteiger partial charge in [-0.05, 0) is 19.2 Å². The monoisotopic (exact) mass is 391 g/mol. The first kappa shape index (κ1) is 20.5. The Kier molecular flexibility index (Phi) is 7.45. The lowest BCUT2D eigenvalue weighted by molar-refractivity contribution is -0.119. The summed E-state index contributed by atoms with van der Waals surface area (Å²) in [6, 6.07) is 12.3. The van der Waals surface area contributed by atoms with Crippen LogP contribution >= 0.6 is 11.6 Å². The van der Waals surface area contributed by atoms with Gasteiger partial charge in [-0.25, -0.2) is 0 Å². The predicted molar refractivity (Wildman–Crippen MR) is 106 cm³/mol. The molecule has 144 valence electrons. The summed E-state index contributed by atoms with van der Waals surface area (Å²) in [6.45, 7) is 0.0969. The Morgan fingerprint density at radius 3 is 2.15 bits per heavy atom. The third-order valence-electron chi connectivity index (χ3n) is 3.63. The molecule has 0 aliphatic carbocycles. The predicted octanol–water partition coefficient (Wildman–Crippen LogP) is 2.87. The second-order valence-corrected chi connectivity index (χ2v) is 6.23. The molecule has 0 aromatic heterocycles. The van der Waals surface area contributed by atoms with Crippen molar-refractivity contribution in [3.63, 3.8) is 0 Å². The Morgan fingerprint density at radius 1 is 0.963 bits per heavy atom. The van der Waals surface area contributed by atoms with E-state index in [1.807, 2.05) is 18.2 Å². The number of hydrogen-bond acceptors (Lipinski definition) is 5. The van der Waals surface area contributed by atoms with Crippen molar-refractivity contribution in [2.75, 3.05) is 45.0 Å². The summed E-state index contributed by atoms with van der Waals surface area (Å²) in [5.74, 6) is 0.330. The summed E-state index contributed by atoms with van der Waals surface area (Å²) in [4.78, 5) is 26.0. The number of carbonyl (C=O) groups is 2. The molecule has 8 heteroatoms. The Labute approximate surface area is 163 Å². The van der Waals surface area contributed by atoms with Gasteiger partial charge >= 0.3 is 0 Å². The van der Waals surface area contributed by atoms with Crippen molar-refractivity contribution in [2.45, 2.75) is 0 Å². The molecule has 7 nitrogen and oxygen atoms in total. The van der Waals surface area contributed by atoms with Crippen molar-refractivity contribution in [1.29, 1.82) is 0 Å². The number of nitrogens with one attached hydrogen (secondary N) is 2. The van der Waals surface area contributed by atoms with Gasteiger partial charge in [0.2, 0.25) is 11.8 Å². The van der Waals surface area contributed by atoms with Gasteiger partial charge in [0.25, 0.3) is 0 Å². The fourth-order valence-corrected chi connectivity index (χ4v) is 2.65. The Balaban J connectivity index is 1.92. The number of rotatable bonds is 8. The average molecular weight is 392 g/mol. The number of amides is 2. The second-order valence-electron chi connectivity index (χ2n) is 5.82. The summed E-state index contributed by atoms with van der Waals surface area (Å²) in [5.41, 5.74) is 1.14. The van der Waals surface area contributed by atoms with Crippen molar-refractivity contribution in [1.82, 2.24) is 4.90 Å². The van der Waals surface area contributed by atoms with E-state index in [0.717, 1.165) is 0 Å². The van der Waals surface area contributed by atoms with Crippen LogP contribution in [0.1, 0.15) is 0 Å². The van der Waals surface area contributed by atoms with Crippen LogP contribution in [0.25, 0.3) is 0 Å². The Morgan fingerprint density at radius 2 is 1.56 bits per heavy atom. The van der Waals surface area contributed by atoms with Gasteiger partial charge in [-0.15, -0.1) is 0 Å². The summed E-state index contributed by atoms with van der Waals surface area (Å²) in [7, 11) is 4.65. The number of likely N-dealkylation sites (N-methyl/N-ethyl adjacent to an activating group) is 1. The molecule has 0 aliphatic rings. The maximum absolute atomic E-state index is 12.3.